The molecule has 1 atom stereocenters. The van der Waals surface area contributed by atoms with Crippen molar-refractivity contribution in [2.75, 3.05) is 11.9 Å². The molecule has 3 heterocycles. The Bertz CT molecular complexity index is 1170. The summed E-state index contributed by atoms with van der Waals surface area (Å²) in [6, 6.07) is 8.77. The average molecular weight is 413 g/mol. The Balaban J connectivity index is 1.70. The van der Waals surface area contributed by atoms with E-state index < -0.39 is 18.6 Å². The molecule has 1 aromatic carbocycles. The van der Waals surface area contributed by atoms with E-state index in [1.807, 2.05) is 6.07 Å². The van der Waals surface area contributed by atoms with Crippen LogP contribution in [0.1, 0.15) is 10.4 Å². The number of hydrogen-bond donors (Lipinski definition) is 3. The SMILES string of the molecule is O=C(Nc1cn(C[C@@H](O)CO)nc1-c1cccc(Cl)c1)c1cnn2cccnc12. The molecule has 3 N–H and O–H groups in total. The van der Waals surface area contributed by atoms with Crippen molar-refractivity contribution >= 4 is 28.8 Å². The fourth-order valence-electron chi connectivity index (χ4n) is 2.91. The zero-order chi connectivity index (χ0) is 20.4. The van der Waals surface area contributed by atoms with Crippen LogP contribution < -0.4 is 5.32 Å². The van der Waals surface area contributed by atoms with E-state index in [0.717, 1.165) is 0 Å². The number of nitrogens with one attached hydrogen (secondary N) is 1. The Labute approximate surface area is 170 Å². The van der Waals surface area contributed by atoms with Gasteiger partial charge in [-0.1, -0.05) is 23.7 Å². The minimum atomic E-state index is -0.977. The number of aliphatic hydroxyl groups excluding tert-OH is 2. The van der Waals surface area contributed by atoms with Crippen LogP contribution >= 0.6 is 11.6 Å². The van der Waals surface area contributed by atoms with Crippen LogP contribution in [0.2, 0.25) is 5.02 Å². The van der Waals surface area contributed by atoms with Gasteiger partial charge < -0.3 is 15.5 Å². The summed E-state index contributed by atoms with van der Waals surface area (Å²) in [5.41, 5.74) is 2.35. The lowest BCUT2D eigenvalue weighted by atomic mass is 10.1. The summed E-state index contributed by atoms with van der Waals surface area (Å²) in [7, 11) is 0. The number of carbonyl (C=O) groups is 1. The summed E-state index contributed by atoms with van der Waals surface area (Å²) in [6.45, 7) is -0.333. The third kappa shape index (κ3) is 3.97. The summed E-state index contributed by atoms with van der Waals surface area (Å²) < 4.78 is 2.97. The Morgan fingerprint density at radius 2 is 2.17 bits per heavy atom. The van der Waals surface area contributed by atoms with E-state index in [1.165, 1.54) is 15.4 Å². The van der Waals surface area contributed by atoms with Gasteiger partial charge in [-0.3, -0.25) is 9.48 Å². The molecule has 148 valence electrons. The highest BCUT2D eigenvalue weighted by atomic mass is 35.5. The lowest BCUT2D eigenvalue weighted by Gasteiger charge is -2.06. The van der Waals surface area contributed by atoms with E-state index in [2.05, 4.69) is 20.5 Å². The second kappa shape index (κ2) is 8.00. The number of rotatable bonds is 6. The molecule has 0 aliphatic heterocycles. The largest absolute Gasteiger partial charge is 0.394 e. The summed E-state index contributed by atoms with van der Waals surface area (Å²) >= 11 is 6.10. The second-order valence-electron chi connectivity index (χ2n) is 6.36. The molecular formula is C19H17ClN6O3. The maximum Gasteiger partial charge on any atom is 0.261 e. The van der Waals surface area contributed by atoms with Crippen molar-refractivity contribution in [2.45, 2.75) is 12.6 Å². The van der Waals surface area contributed by atoms with E-state index in [-0.39, 0.29) is 6.54 Å². The molecule has 0 saturated heterocycles. The van der Waals surface area contributed by atoms with Crippen LogP contribution in [0.5, 0.6) is 0 Å². The molecule has 0 spiro atoms. The first-order valence-corrected chi connectivity index (χ1v) is 9.15. The van der Waals surface area contributed by atoms with Crippen molar-refractivity contribution < 1.29 is 15.0 Å². The minimum Gasteiger partial charge on any atom is -0.394 e. The van der Waals surface area contributed by atoms with Crippen LogP contribution in [0.3, 0.4) is 0 Å². The first-order chi connectivity index (χ1) is 14.0. The first-order valence-electron chi connectivity index (χ1n) is 8.77. The quantitative estimate of drug-likeness (QED) is 0.445. The van der Waals surface area contributed by atoms with Crippen molar-refractivity contribution in [3.63, 3.8) is 0 Å². The van der Waals surface area contributed by atoms with Gasteiger partial charge in [0.25, 0.3) is 5.91 Å². The number of anilines is 1. The standard InChI is InChI=1S/C19H17ClN6O3/c20-13-4-1-3-12(7-13)17-16(10-25(24-17)9-14(28)11-27)23-19(29)15-8-22-26-6-2-5-21-18(15)26/h1-8,10,14,27-28H,9,11H2,(H,23,29)/t14-/m1/s1. The van der Waals surface area contributed by atoms with Gasteiger partial charge in [0.2, 0.25) is 0 Å². The molecule has 9 nitrogen and oxygen atoms in total. The molecule has 10 heteroatoms. The molecule has 0 aliphatic rings. The highest BCUT2D eigenvalue weighted by Crippen LogP contribution is 2.29. The first kappa shape index (κ1) is 19.1. The normalized spacial score (nSPS) is 12.2. The number of hydrogen-bond acceptors (Lipinski definition) is 6. The van der Waals surface area contributed by atoms with Crippen molar-refractivity contribution in [1.29, 1.82) is 0 Å². The molecule has 3 aromatic heterocycles. The van der Waals surface area contributed by atoms with Crippen LogP contribution in [0, 0.1) is 0 Å². The van der Waals surface area contributed by atoms with Crippen LogP contribution in [-0.2, 0) is 6.54 Å². The predicted molar refractivity (Wildman–Crippen MR) is 107 cm³/mol. The zero-order valence-corrected chi connectivity index (χ0v) is 15.9. The van der Waals surface area contributed by atoms with E-state index in [9.17, 15) is 9.90 Å². The topological polar surface area (TPSA) is 118 Å². The maximum atomic E-state index is 12.9. The fraction of sp³-hybridized carbons (Fsp3) is 0.158. The highest BCUT2D eigenvalue weighted by molar-refractivity contribution is 6.30. The molecule has 0 radical (unpaired) electrons. The summed E-state index contributed by atoms with van der Waals surface area (Å²) in [6.07, 6.45) is 5.34. The Kier molecular flexibility index (Phi) is 5.26. The monoisotopic (exact) mass is 412 g/mol. The number of halogens is 1. The molecule has 4 aromatic rings. The van der Waals surface area contributed by atoms with E-state index in [4.69, 9.17) is 16.7 Å². The molecule has 0 fully saturated rings. The molecule has 0 bridgehead atoms. The lowest BCUT2D eigenvalue weighted by Crippen LogP contribution is -2.20. The van der Waals surface area contributed by atoms with Crippen molar-refractivity contribution in [2.24, 2.45) is 0 Å². The van der Waals surface area contributed by atoms with Gasteiger partial charge in [0.05, 0.1) is 31.1 Å². The summed E-state index contributed by atoms with van der Waals surface area (Å²) in [5.74, 6) is -0.399. The smallest absolute Gasteiger partial charge is 0.261 e. The third-order valence-electron chi connectivity index (χ3n) is 4.24. The van der Waals surface area contributed by atoms with Crippen LogP contribution in [0.15, 0.2) is 55.1 Å². The number of benzene rings is 1. The van der Waals surface area contributed by atoms with E-state index >= 15 is 0 Å². The van der Waals surface area contributed by atoms with Crippen LogP contribution in [-0.4, -0.2) is 53.2 Å². The van der Waals surface area contributed by atoms with Gasteiger partial charge in [0, 0.05) is 29.2 Å². The third-order valence-corrected chi connectivity index (χ3v) is 4.48. The van der Waals surface area contributed by atoms with E-state index in [1.54, 1.807) is 42.9 Å². The molecule has 0 saturated carbocycles. The Morgan fingerprint density at radius 1 is 1.31 bits per heavy atom. The number of nitrogens with zero attached hydrogens (tertiary/aromatic N) is 5. The molecule has 29 heavy (non-hydrogen) atoms. The van der Waals surface area contributed by atoms with Crippen LogP contribution in [0.4, 0.5) is 5.69 Å². The van der Waals surface area contributed by atoms with Crippen molar-refractivity contribution in [3.8, 4) is 11.3 Å². The van der Waals surface area contributed by atoms with Gasteiger partial charge in [0.1, 0.15) is 11.3 Å². The second-order valence-corrected chi connectivity index (χ2v) is 6.80. The molecule has 0 aliphatic carbocycles. The van der Waals surface area contributed by atoms with Gasteiger partial charge >= 0.3 is 0 Å². The number of aromatic nitrogens is 5. The molecule has 4 rings (SSSR count). The lowest BCUT2D eigenvalue weighted by molar-refractivity contribution is 0.0783. The van der Waals surface area contributed by atoms with Crippen molar-refractivity contribution in [1.82, 2.24) is 24.4 Å². The number of fused-ring (bicyclic) bond motifs is 1. The maximum absolute atomic E-state index is 12.9. The summed E-state index contributed by atoms with van der Waals surface area (Å²) in [5, 5.41) is 30.8. The zero-order valence-electron chi connectivity index (χ0n) is 15.1. The molecular weight excluding hydrogens is 396 g/mol. The highest BCUT2D eigenvalue weighted by Gasteiger charge is 2.19. The van der Waals surface area contributed by atoms with Gasteiger partial charge in [-0.15, -0.1) is 0 Å². The fourth-order valence-corrected chi connectivity index (χ4v) is 3.10. The summed E-state index contributed by atoms with van der Waals surface area (Å²) in [4.78, 5) is 17.1. The van der Waals surface area contributed by atoms with Gasteiger partial charge in [-0.25, -0.2) is 9.50 Å². The van der Waals surface area contributed by atoms with Crippen LogP contribution in [0.25, 0.3) is 16.9 Å². The van der Waals surface area contributed by atoms with Crippen molar-refractivity contribution in [3.05, 3.63) is 65.7 Å². The van der Waals surface area contributed by atoms with Gasteiger partial charge in [0.15, 0.2) is 5.65 Å². The van der Waals surface area contributed by atoms with E-state index in [0.29, 0.717) is 33.2 Å². The predicted octanol–water partition coefficient (Wildman–Crippen LogP) is 1.85. The number of carbonyl (C=O) groups excluding carboxylic acids is 1. The molecule has 1 amide bonds. The van der Waals surface area contributed by atoms with Gasteiger partial charge in [-0.05, 0) is 18.2 Å². The Morgan fingerprint density at radius 3 is 2.97 bits per heavy atom. The minimum absolute atomic E-state index is 0.0677. The Hall–Kier alpha value is -3.27. The average Bonchev–Trinajstić information content (AvgIpc) is 3.32. The van der Waals surface area contributed by atoms with Gasteiger partial charge in [-0.2, -0.15) is 10.2 Å². The molecule has 0 unspecified atom stereocenters. The number of amides is 1. The number of aliphatic hydroxyl groups is 2.